The Bertz CT molecular complexity index is 450. The average molecular weight is 260 g/mol. The van der Waals surface area contributed by atoms with Crippen LogP contribution in [0.3, 0.4) is 0 Å². The molecule has 0 aromatic heterocycles. The molecular weight excluding hydrogens is 250 g/mol. The second-order valence-corrected chi connectivity index (χ2v) is 4.90. The van der Waals surface area contributed by atoms with E-state index in [1.165, 1.54) is 0 Å². The van der Waals surface area contributed by atoms with Crippen molar-refractivity contribution in [3.05, 3.63) is 33.9 Å². The number of nitrogens with zero attached hydrogens (tertiary/aromatic N) is 1. The molecule has 1 atom stereocenters. The van der Waals surface area contributed by atoms with Crippen LogP contribution in [0.25, 0.3) is 0 Å². The van der Waals surface area contributed by atoms with Crippen molar-refractivity contribution in [3.63, 3.8) is 0 Å². The van der Waals surface area contributed by atoms with Gasteiger partial charge in [0, 0.05) is 23.9 Å². The molecule has 1 aromatic carbocycles. The van der Waals surface area contributed by atoms with Crippen LogP contribution in [-0.4, -0.2) is 22.5 Å². The number of hydrogen-bond acceptors (Lipinski definition) is 4. The third-order valence-electron chi connectivity index (χ3n) is 2.50. The molecule has 17 heavy (non-hydrogen) atoms. The number of benzene rings is 1. The van der Waals surface area contributed by atoms with Gasteiger partial charge < -0.3 is 5.32 Å². The van der Waals surface area contributed by atoms with Gasteiger partial charge in [-0.05, 0) is 12.2 Å². The number of nitrogens with one attached hydrogen (secondary N) is 1. The van der Waals surface area contributed by atoms with Crippen LogP contribution in [0.2, 0.25) is 0 Å². The predicted octanol–water partition coefficient (Wildman–Crippen LogP) is 2.79. The Morgan fingerprint density at radius 2 is 2.24 bits per heavy atom. The van der Waals surface area contributed by atoms with Crippen LogP contribution in [0.5, 0.6) is 0 Å². The predicted molar refractivity (Wildman–Crippen MR) is 62.4 cm³/mol. The van der Waals surface area contributed by atoms with Crippen molar-refractivity contribution < 1.29 is 13.7 Å². The van der Waals surface area contributed by atoms with Gasteiger partial charge in [-0.1, -0.05) is 0 Å². The average Bonchev–Trinajstić information content (AvgIpc) is 2.68. The molecule has 0 radical (unpaired) electrons. The Morgan fingerprint density at radius 3 is 2.82 bits per heavy atom. The van der Waals surface area contributed by atoms with E-state index < -0.39 is 22.2 Å². The van der Waals surface area contributed by atoms with Gasteiger partial charge in [-0.25, -0.2) is 4.39 Å². The maximum absolute atomic E-state index is 13.3. The minimum atomic E-state index is -1.15. The molecule has 4 nitrogen and oxygen atoms in total. The number of nitro benzene ring substituents is 1. The lowest BCUT2D eigenvalue weighted by Crippen LogP contribution is -2.19. The first kappa shape index (κ1) is 12.1. The summed E-state index contributed by atoms with van der Waals surface area (Å²) in [5, 5.41) is 13.6. The van der Waals surface area contributed by atoms with Crippen molar-refractivity contribution in [3.8, 4) is 0 Å². The van der Waals surface area contributed by atoms with Crippen molar-refractivity contribution in [1.29, 1.82) is 0 Å². The molecule has 0 amide bonds. The fourth-order valence-electron chi connectivity index (χ4n) is 1.73. The molecule has 7 heteroatoms. The van der Waals surface area contributed by atoms with Gasteiger partial charge >= 0.3 is 5.69 Å². The first-order valence-corrected chi connectivity index (χ1v) is 6.21. The third-order valence-corrected chi connectivity index (χ3v) is 3.66. The van der Waals surface area contributed by atoms with Crippen molar-refractivity contribution in [2.45, 2.75) is 12.5 Å². The highest BCUT2D eigenvalue weighted by Gasteiger charge is 2.25. The Kier molecular flexibility index (Phi) is 3.46. The van der Waals surface area contributed by atoms with Crippen molar-refractivity contribution >= 4 is 23.1 Å². The number of anilines is 1. The van der Waals surface area contributed by atoms with E-state index in [0.717, 1.165) is 24.0 Å². The van der Waals surface area contributed by atoms with Crippen molar-refractivity contribution in [2.75, 3.05) is 16.8 Å². The van der Waals surface area contributed by atoms with Crippen LogP contribution in [0.15, 0.2) is 12.1 Å². The molecule has 1 fully saturated rings. The maximum Gasteiger partial charge on any atom is 0.327 e. The first-order chi connectivity index (χ1) is 8.08. The van der Waals surface area contributed by atoms with E-state index in [0.29, 0.717) is 6.07 Å². The topological polar surface area (TPSA) is 55.2 Å². The van der Waals surface area contributed by atoms with Gasteiger partial charge in [-0.15, -0.1) is 0 Å². The van der Waals surface area contributed by atoms with Crippen LogP contribution in [0.4, 0.5) is 20.2 Å². The molecule has 0 spiro atoms. The largest absolute Gasteiger partial charge is 0.376 e. The summed E-state index contributed by atoms with van der Waals surface area (Å²) in [6, 6.07) is 1.51. The third kappa shape index (κ3) is 2.66. The van der Waals surface area contributed by atoms with Gasteiger partial charge in [0.25, 0.3) is 0 Å². The van der Waals surface area contributed by atoms with Gasteiger partial charge in [0.05, 0.1) is 4.92 Å². The molecule has 1 saturated heterocycles. The van der Waals surface area contributed by atoms with Crippen LogP contribution >= 0.6 is 11.8 Å². The van der Waals surface area contributed by atoms with Crippen molar-refractivity contribution in [1.82, 2.24) is 0 Å². The number of rotatable bonds is 3. The molecule has 2 rings (SSSR count). The van der Waals surface area contributed by atoms with E-state index >= 15 is 0 Å². The highest BCUT2D eigenvalue weighted by Crippen LogP contribution is 2.31. The minimum absolute atomic E-state index is 0.0277. The van der Waals surface area contributed by atoms with Gasteiger partial charge in [0.15, 0.2) is 0 Å². The molecule has 0 saturated carbocycles. The number of halogens is 2. The van der Waals surface area contributed by atoms with Crippen LogP contribution in [-0.2, 0) is 0 Å². The summed E-state index contributed by atoms with van der Waals surface area (Å²) in [6.45, 7) is 0. The molecule has 1 aliphatic rings. The molecule has 1 unspecified atom stereocenters. The van der Waals surface area contributed by atoms with E-state index in [9.17, 15) is 18.9 Å². The first-order valence-electron chi connectivity index (χ1n) is 5.05. The number of hydrogen-bond donors (Lipinski definition) is 1. The van der Waals surface area contributed by atoms with E-state index in [4.69, 9.17) is 0 Å². The summed E-state index contributed by atoms with van der Waals surface area (Å²) in [5.41, 5.74) is -0.775. The zero-order chi connectivity index (χ0) is 12.4. The monoisotopic (exact) mass is 260 g/mol. The summed E-state index contributed by atoms with van der Waals surface area (Å²) >= 11 is 1.70. The van der Waals surface area contributed by atoms with Gasteiger partial charge in [0.2, 0.25) is 5.82 Å². The molecular formula is C10H10F2N2O2S. The van der Waals surface area contributed by atoms with Crippen molar-refractivity contribution in [2.24, 2.45) is 0 Å². The Morgan fingerprint density at radius 1 is 1.47 bits per heavy atom. The SMILES string of the molecule is O=[N+]([O-])c1c(F)cc(F)cc1NC1CCSC1. The smallest absolute Gasteiger partial charge is 0.327 e. The molecule has 92 valence electrons. The van der Waals surface area contributed by atoms with E-state index in [1.54, 1.807) is 11.8 Å². The molecule has 0 bridgehead atoms. The Hall–Kier alpha value is -1.37. The fraction of sp³-hybridized carbons (Fsp3) is 0.400. The molecule has 1 aliphatic heterocycles. The standard InChI is InChI=1S/C10H10F2N2O2S/c11-6-3-8(12)10(14(15)16)9(4-6)13-7-1-2-17-5-7/h3-4,7,13H,1-2,5H2. The molecule has 1 N–H and O–H groups in total. The number of nitro groups is 1. The Labute approximate surface area is 101 Å². The van der Waals surface area contributed by atoms with Crippen LogP contribution in [0, 0.1) is 21.7 Å². The summed E-state index contributed by atoms with van der Waals surface area (Å²) in [7, 11) is 0. The van der Waals surface area contributed by atoms with Crippen LogP contribution < -0.4 is 5.32 Å². The summed E-state index contributed by atoms with van der Waals surface area (Å²) in [5.74, 6) is -0.233. The highest BCUT2D eigenvalue weighted by atomic mass is 32.2. The van der Waals surface area contributed by atoms with Gasteiger partial charge in [-0.2, -0.15) is 16.2 Å². The molecule has 1 aromatic rings. The Balaban J connectivity index is 2.32. The summed E-state index contributed by atoms with van der Waals surface area (Å²) in [4.78, 5) is 9.89. The van der Waals surface area contributed by atoms with E-state index in [1.807, 2.05) is 0 Å². The number of thioether (sulfide) groups is 1. The highest BCUT2D eigenvalue weighted by molar-refractivity contribution is 7.99. The zero-order valence-electron chi connectivity index (χ0n) is 8.78. The lowest BCUT2D eigenvalue weighted by molar-refractivity contribution is -0.386. The molecule has 1 heterocycles. The van der Waals surface area contributed by atoms with Crippen LogP contribution in [0.1, 0.15) is 6.42 Å². The fourth-order valence-corrected chi connectivity index (χ4v) is 2.88. The quantitative estimate of drug-likeness (QED) is 0.670. The van der Waals surface area contributed by atoms with Gasteiger partial charge in [-0.3, -0.25) is 10.1 Å². The lowest BCUT2D eigenvalue weighted by Gasteiger charge is -2.13. The summed E-state index contributed by atoms with van der Waals surface area (Å²) < 4.78 is 26.3. The molecule has 0 aliphatic carbocycles. The van der Waals surface area contributed by atoms with Gasteiger partial charge in [0.1, 0.15) is 11.5 Å². The zero-order valence-corrected chi connectivity index (χ0v) is 9.60. The minimum Gasteiger partial charge on any atom is -0.376 e. The normalized spacial score (nSPS) is 19.3. The van der Waals surface area contributed by atoms with E-state index in [-0.39, 0.29) is 11.7 Å². The lowest BCUT2D eigenvalue weighted by atomic mass is 10.2. The second kappa shape index (κ2) is 4.87. The second-order valence-electron chi connectivity index (χ2n) is 3.75. The van der Waals surface area contributed by atoms with E-state index in [2.05, 4.69) is 5.32 Å². The maximum atomic E-state index is 13.3. The summed E-state index contributed by atoms with van der Waals surface area (Å²) in [6.07, 6.45) is 0.833.